The van der Waals surface area contributed by atoms with Gasteiger partial charge in [0.15, 0.2) is 0 Å². The standard InChI is InChI=1S/C79H147N2O7P/c1-7-10-13-16-19-22-25-28-30-32-34-36-38-40-42-44-46-48-50-53-56-59-62-65-68-71-78(82)80-76(75-87-89(84,85)86-74-73-81(4,5)6)77(70-67-64-61-58-55-52-27-24-21-18-15-12-9-3)88-79(83)72-69-66-63-60-57-54-51-49-47-45-43-41-39-37-35-33-31-29-26-23-20-17-14-11-8-2/h10,13,19,22,28,30,34,36,40,42,67,70,76-77H,7-9,11-12,14-18,20-21,23-27,29,31-33,35,37-39,41,43-66,68-69,71-75H2,1-6H3,(H-,80,82,84,85)/b13-10-,22-19-,30-28-,36-34-,42-40-,70-67+. The van der Waals surface area contributed by atoms with Crippen LogP contribution in [-0.2, 0) is 27.9 Å². The molecule has 0 aromatic rings. The van der Waals surface area contributed by atoms with Gasteiger partial charge in [-0.25, -0.2) is 0 Å². The topological polar surface area (TPSA) is 114 Å². The SMILES string of the molecule is CC/C=C\C/C=C\C/C=C\C/C=C\C/C=C\CCCCCCCCCCCC(=O)NC(COP(=O)([O-])OCC[N+](C)(C)C)C(/C=C/CCCCCCCCCCCCC)OC(=O)CCCCCCCCCCCCCCCCCCCCCCCCCCC. The lowest BCUT2D eigenvalue weighted by Gasteiger charge is -2.30. The fraction of sp³-hybridized carbons (Fsp3) is 0.823. The molecule has 9 nitrogen and oxygen atoms in total. The number of quaternary nitrogens is 1. The van der Waals surface area contributed by atoms with E-state index in [0.717, 1.165) is 103 Å². The Kier molecular flexibility index (Phi) is 66.4. The molecule has 0 aromatic carbocycles. The van der Waals surface area contributed by atoms with Gasteiger partial charge in [0.05, 0.1) is 33.8 Å². The van der Waals surface area contributed by atoms with Crippen molar-refractivity contribution in [1.82, 2.24) is 5.32 Å². The molecule has 0 rings (SSSR count). The van der Waals surface area contributed by atoms with Crippen LogP contribution in [0.4, 0.5) is 0 Å². The molecule has 0 bridgehead atoms. The van der Waals surface area contributed by atoms with E-state index in [4.69, 9.17) is 13.8 Å². The summed E-state index contributed by atoms with van der Waals surface area (Å²) in [5.74, 6) is -0.532. The van der Waals surface area contributed by atoms with E-state index in [2.05, 4.69) is 86.8 Å². The number of esters is 1. The van der Waals surface area contributed by atoms with Gasteiger partial charge in [0.1, 0.15) is 19.3 Å². The summed E-state index contributed by atoms with van der Waals surface area (Å²) in [6.07, 6.45) is 90.4. The van der Waals surface area contributed by atoms with Crippen LogP contribution in [-0.4, -0.2) is 69.4 Å². The van der Waals surface area contributed by atoms with Crippen molar-refractivity contribution >= 4 is 19.7 Å². The van der Waals surface area contributed by atoms with E-state index in [-0.39, 0.29) is 31.5 Å². The van der Waals surface area contributed by atoms with Crippen LogP contribution in [0.3, 0.4) is 0 Å². The number of unbranched alkanes of at least 4 members (excludes halogenated alkanes) is 44. The van der Waals surface area contributed by atoms with Crippen LogP contribution in [0.25, 0.3) is 0 Å². The fourth-order valence-electron chi connectivity index (χ4n) is 11.3. The molecule has 0 heterocycles. The summed E-state index contributed by atoms with van der Waals surface area (Å²) in [6, 6.07) is -0.894. The molecule has 520 valence electrons. The van der Waals surface area contributed by atoms with E-state index in [1.165, 1.54) is 231 Å². The van der Waals surface area contributed by atoms with Crippen molar-refractivity contribution in [2.75, 3.05) is 40.9 Å². The van der Waals surface area contributed by atoms with Crippen molar-refractivity contribution in [3.8, 4) is 0 Å². The zero-order valence-electron chi connectivity index (χ0n) is 59.6. The van der Waals surface area contributed by atoms with Crippen molar-refractivity contribution in [3.05, 3.63) is 72.9 Å². The Morgan fingerprint density at radius 2 is 0.719 bits per heavy atom. The van der Waals surface area contributed by atoms with Gasteiger partial charge in [-0.3, -0.25) is 14.2 Å². The molecule has 0 aliphatic rings. The first-order valence-corrected chi connectivity index (χ1v) is 39.7. The number of hydrogen-bond donors (Lipinski definition) is 1. The number of phosphoric acid groups is 1. The summed E-state index contributed by atoms with van der Waals surface area (Å²) in [5.41, 5.74) is 0. The van der Waals surface area contributed by atoms with Crippen LogP contribution in [0.1, 0.15) is 367 Å². The van der Waals surface area contributed by atoms with Gasteiger partial charge in [0.25, 0.3) is 7.82 Å². The number of amides is 1. The van der Waals surface area contributed by atoms with Crippen molar-refractivity contribution < 1.29 is 37.3 Å². The smallest absolute Gasteiger partial charge is 0.306 e. The van der Waals surface area contributed by atoms with E-state index in [1.807, 2.05) is 33.3 Å². The molecule has 3 atom stereocenters. The van der Waals surface area contributed by atoms with E-state index in [9.17, 15) is 19.0 Å². The minimum absolute atomic E-state index is 0.0238. The lowest BCUT2D eigenvalue weighted by atomic mass is 10.0. The molecule has 0 spiro atoms. The highest BCUT2D eigenvalue weighted by Gasteiger charge is 2.27. The molecule has 1 amide bonds. The summed E-state index contributed by atoms with van der Waals surface area (Å²) >= 11 is 0. The zero-order valence-corrected chi connectivity index (χ0v) is 60.5. The molecular weight excluding hydrogens is 1120 g/mol. The van der Waals surface area contributed by atoms with Crippen LogP contribution in [0.2, 0.25) is 0 Å². The number of likely N-dealkylation sites (N-methyl/N-ethyl adjacent to an activating group) is 1. The highest BCUT2D eigenvalue weighted by Crippen LogP contribution is 2.38. The van der Waals surface area contributed by atoms with Gasteiger partial charge in [0, 0.05) is 12.8 Å². The Hall–Kier alpha value is -2.55. The number of nitrogens with zero attached hydrogens (tertiary/aromatic N) is 1. The Labute approximate surface area is 553 Å². The molecule has 0 fully saturated rings. The van der Waals surface area contributed by atoms with Crippen molar-refractivity contribution in [3.63, 3.8) is 0 Å². The zero-order chi connectivity index (χ0) is 64.9. The molecule has 0 aliphatic carbocycles. The van der Waals surface area contributed by atoms with E-state index < -0.39 is 20.0 Å². The van der Waals surface area contributed by atoms with Crippen LogP contribution >= 0.6 is 7.82 Å². The van der Waals surface area contributed by atoms with E-state index in [0.29, 0.717) is 17.4 Å². The van der Waals surface area contributed by atoms with Crippen molar-refractivity contribution in [2.45, 2.75) is 380 Å². The van der Waals surface area contributed by atoms with Gasteiger partial charge in [0.2, 0.25) is 5.91 Å². The number of nitrogens with one attached hydrogen (secondary N) is 1. The Balaban J connectivity index is 5.02. The lowest BCUT2D eigenvalue weighted by Crippen LogP contribution is -2.47. The molecule has 10 heteroatoms. The number of hydrogen-bond acceptors (Lipinski definition) is 7. The monoisotopic (exact) mass is 1270 g/mol. The summed E-state index contributed by atoms with van der Waals surface area (Å²) in [5, 5.41) is 3.05. The predicted molar refractivity (Wildman–Crippen MR) is 385 cm³/mol. The number of carbonyl (C=O) groups is 2. The molecule has 0 radical (unpaired) electrons. The van der Waals surface area contributed by atoms with Crippen LogP contribution < -0.4 is 10.2 Å². The van der Waals surface area contributed by atoms with E-state index >= 15 is 0 Å². The molecule has 3 unspecified atom stereocenters. The van der Waals surface area contributed by atoms with Crippen LogP contribution in [0.15, 0.2) is 72.9 Å². The highest BCUT2D eigenvalue weighted by atomic mass is 31.2. The summed E-state index contributed by atoms with van der Waals surface area (Å²) in [4.78, 5) is 40.3. The Morgan fingerprint density at radius 1 is 0.404 bits per heavy atom. The molecule has 0 saturated heterocycles. The summed E-state index contributed by atoms with van der Waals surface area (Å²) < 4.78 is 30.5. The van der Waals surface area contributed by atoms with Gasteiger partial charge >= 0.3 is 5.97 Å². The first-order chi connectivity index (χ1) is 43.4. The third-order valence-electron chi connectivity index (χ3n) is 17.2. The summed E-state index contributed by atoms with van der Waals surface area (Å²) in [6.45, 7) is 6.78. The van der Waals surface area contributed by atoms with Crippen LogP contribution in [0.5, 0.6) is 0 Å². The van der Waals surface area contributed by atoms with Crippen LogP contribution in [0, 0.1) is 0 Å². The molecule has 0 saturated carbocycles. The maximum atomic E-state index is 13.6. The molecular formula is C79H147N2O7P. The first-order valence-electron chi connectivity index (χ1n) is 38.2. The second-order valence-corrected chi connectivity index (χ2v) is 28.5. The lowest BCUT2D eigenvalue weighted by molar-refractivity contribution is -0.870. The van der Waals surface area contributed by atoms with Crippen molar-refractivity contribution in [1.29, 1.82) is 0 Å². The van der Waals surface area contributed by atoms with Gasteiger partial charge in [-0.15, -0.1) is 0 Å². The Bertz CT molecular complexity index is 1750. The normalized spacial score (nSPS) is 13.8. The maximum absolute atomic E-state index is 13.6. The first kappa shape index (κ1) is 86.5. The van der Waals surface area contributed by atoms with Crippen molar-refractivity contribution in [2.24, 2.45) is 0 Å². The average Bonchev–Trinajstić information content (AvgIpc) is 3.67. The predicted octanol–water partition coefficient (Wildman–Crippen LogP) is 24.1. The largest absolute Gasteiger partial charge is 0.756 e. The number of ether oxygens (including phenoxy) is 1. The second kappa shape index (κ2) is 68.3. The van der Waals surface area contributed by atoms with Gasteiger partial charge < -0.3 is 28.5 Å². The average molecular weight is 1270 g/mol. The van der Waals surface area contributed by atoms with Gasteiger partial charge in [-0.2, -0.15) is 0 Å². The summed E-state index contributed by atoms with van der Waals surface area (Å²) in [7, 11) is 1.19. The van der Waals surface area contributed by atoms with Gasteiger partial charge in [-0.05, 0) is 76.7 Å². The fourth-order valence-corrected chi connectivity index (χ4v) is 12.0. The van der Waals surface area contributed by atoms with E-state index in [1.54, 1.807) is 0 Å². The molecule has 89 heavy (non-hydrogen) atoms. The number of phosphoric ester groups is 1. The highest BCUT2D eigenvalue weighted by molar-refractivity contribution is 7.45. The Morgan fingerprint density at radius 3 is 1.08 bits per heavy atom. The third-order valence-corrected chi connectivity index (χ3v) is 18.1. The third kappa shape index (κ3) is 69.6. The second-order valence-electron chi connectivity index (χ2n) is 27.1. The van der Waals surface area contributed by atoms with Gasteiger partial charge in [-0.1, -0.05) is 351 Å². The number of carbonyl (C=O) groups excluding carboxylic acids is 2. The maximum Gasteiger partial charge on any atom is 0.306 e. The number of allylic oxidation sites excluding steroid dienone is 11. The molecule has 0 aliphatic heterocycles. The quantitative estimate of drug-likeness (QED) is 0.0212. The minimum Gasteiger partial charge on any atom is -0.756 e. The number of rotatable bonds is 70. The minimum atomic E-state index is -4.71. The molecule has 0 aromatic heterocycles. The molecule has 1 N–H and O–H groups in total.